The minimum Gasteiger partial charge on any atom is -0.497 e. The van der Waals surface area contributed by atoms with E-state index in [1.165, 1.54) is 17.7 Å². The highest BCUT2D eigenvalue weighted by molar-refractivity contribution is 7.98. The summed E-state index contributed by atoms with van der Waals surface area (Å²) in [6, 6.07) is 22.4. The molecule has 0 saturated carbocycles. The maximum absolute atomic E-state index is 13.3. The number of benzene rings is 3. The Balaban J connectivity index is 1.33. The van der Waals surface area contributed by atoms with Crippen molar-refractivity contribution in [1.82, 2.24) is 9.80 Å². The predicted molar refractivity (Wildman–Crippen MR) is 133 cm³/mol. The van der Waals surface area contributed by atoms with Gasteiger partial charge in [0.25, 0.3) is 11.6 Å². The number of piperazine rings is 1. The van der Waals surface area contributed by atoms with Crippen molar-refractivity contribution in [1.29, 1.82) is 0 Å². The third-order valence-electron chi connectivity index (χ3n) is 5.88. The second-order valence-electron chi connectivity index (χ2n) is 8.12. The number of carbonyl (C=O) groups is 1. The zero-order valence-corrected chi connectivity index (χ0v) is 19.9. The SMILES string of the molecule is COc1ccc(CSc2ccccc2C(=O)N2CCN(Cc3ccc([N+](=O)[O-])cc3)CC2)cc1. The van der Waals surface area contributed by atoms with Crippen LogP contribution >= 0.6 is 11.8 Å². The van der Waals surface area contributed by atoms with Crippen molar-refractivity contribution < 1.29 is 14.5 Å². The molecule has 176 valence electrons. The standard InChI is InChI=1S/C26H27N3O4S/c1-33-23-12-8-21(9-13-23)19-34-25-5-3-2-4-24(25)26(30)28-16-14-27(15-17-28)18-20-6-10-22(11-7-20)29(31)32/h2-13H,14-19H2,1H3. The van der Waals surface area contributed by atoms with E-state index in [4.69, 9.17) is 4.74 Å². The molecule has 4 rings (SSSR count). The number of methoxy groups -OCH3 is 1. The highest BCUT2D eigenvalue weighted by atomic mass is 32.2. The van der Waals surface area contributed by atoms with Crippen LogP contribution in [0, 0.1) is 10.1 Å². The molecule has 1 aliphatic rings. The van der Waals surface area contributed by atoms with Crippen LogP contribution in [0.25, 0.3) is 0 Å². The molecule has 1 heterocycles. The average molecular weight is 478 g/mol. The van der Waals surface area contributed by atoms with Crippen LogP contribution in [0.4, 0.5) is 5.69 Å². The van der Waals surface area contributed by atoms with E-state index < -0.39 is 0 Å². The largest absolute Gasteiger partial charge is 0.497 e. The summed E-state index contributed by atoms with van der Waals surface area (Å²) in [7, 11) is 1.65. The lowest BCUT2D eigenvalue weighted by atomic mass is 10.1. The molecule has 0 spiro atoms. The Morgan fingerprint density at radius 3 is 2.24 bits per heavy atom. The number of nitrogens with zero attached hydrogens (tertiary/aromatic N) is 3. The Hall–Kier alpha value is -3.36. The third-order valence-corrected chi connectivity index (χ3v) is 7.03. The third kappa shape index (κ3) is 5.95. The van der Waals surface area contributed by atoms with Crippen molar-refractivity contribution in [3.05, 3.63) is 99.6 Å². The Morgan fingerprint density at radius 1 is 0.941 bits per heavy atom. The van der Waals surface area contributed by atoms with Crippen LogP contribution in [0.5, 0.6) is 5.75 Å². The molecule has 0 N–H and O–H groups in total. The molecule has 0 unspecified atom stereocenters. The van der Waals surface area contributed by atoms with Crippen molar-refractivity contribution in [3.63, 3.8) is 0 Å². The summed E-state index contributed by atoms with van der Waals surface area (Å²) in [4.78, 5) is 28.9. The number of nitro benzene ring substituents is 1. The fourth-order valence-corrected chi connectivity index (χ4v) is 4.91. The van der Waals surface area contributed by atoms with Gasteiger partial charge in [0.05, 0.1) is 17.6 Å². The van der Waals surface area contributed by atoms with Gasteiger partial charge in [-0.05, 0) is 35.4 Å². The molecule has 1 amide bonds. The lowest BCUT2D eigenvalue weighted by Crippen LogP contribution is -2.48. The smallest absolute Gasteiger partial charge is 0.269 e. The lowest BCUT2D eigenvalue weighted by Gasteiger charge is -2.35. The molecule has 34 heavy (non-hydrogen) atoms. The number of rotatable bonds is 8. The first-order valence-corrected chi connectivity index (χ1v) is 12.1. The van der Waals surface area contributed by atoms with Gasteiger partial charge in [0, 0.05) is 55.5 Å². The van der Waals surface area contributed by atoms with Crippen molar-refractivity contribution in [3.8, 4) is 5.75 Å². The van der Waals surface area contributed by atoms with E-state index in [1.54, 1.807) is 31.0 Å². The maximum atomic E-state index is 13.3. The number of nitro groups is 1. The van der Waals surface area contributed by atoms with E-state index in [1.807, 2.05) is 53.4 Å². The summed E-state index contributed by atoms with van der Waals surface area (Å²) in [5.74, 6) is 1.67. The molecule has 7 nitrogen and oxygen atoms in total. The molecule has 0 aromatic heterocycles. The van der Waals surface area contributed by atoms with Crippen LogP contribution in [-0.4, -0.2) is 53.9 Å². The van der Waals surface area contributed by atoms with Gasteiger partial charge in [-0.25, -0.2) is 0 Å². The molecule has 1 fully saturated rings. The maximum Gasteiger partial charge on any atom is 0.269 e. The van der Waals surface area contributed by atoms with Crippen molar-refractivity contribution >= 4 is 23.4 Å². The molecule has 0 aliphatic carbocycles. The van der Waals surface area contributed by atoms with Crippen LogP contribution < -0.4 is 4.74 Å². The number of thioether (sulfide) groups is 1. The van der Waals surface area contributed by atoms with Gasteiger partial charge in [0.1, 0.15) is 5.75 Å². The van der Waals surface area contributed by atoms with Gasteiger partial charge >= 0.3 is 0 Å². The van der Waals surface area contributed by atoms with Crippen LogP contribution in [0.15, 0.2) is 77.7 Å². The zero-order chi connectivity index (χ0) is 23.9. The van der Waals surface area contributed by atoms with Crippen molar-refractivity contribution in [2.24, 2.45) is 0 Å². The first kappa shape index (κ1) is 23.8. The van der Waals surface area contributed by atoms with Gasteiger partial charge in [0.15, 0.2) is 0 Å². The number of carbonyl (C=O) groups excluding carboxylic acids is 1. The van der Waals surface area contributed by atoms with Crippen molar-refractivity contribution in [2.45, 2.75) is 17.2 Å². The van der Waals surface area contributed by atoms with Crippen LogP contribution in [0.3, 0.4) is 0 Å². The molecule has 0 atom stereocenters. The normalized spacial score (nSPS) is 14.1. The summed E-state index contributed by atoms with van der Waals surface area (Å²) in [5.41, 5.74) is 3.05. The van der Waals surface area contributed by atoms with Crippen LogP contribution in [0.1, 0.15) is 21.5 Å². The molecule has 3 aromatic rings. The number of hydrogen-bond donors (Lipinski definition) is 0. The Labute approximate surface area is 203 Å². The second-order valence-corrected chi connectivity index (χ2v) is 9.14. The number of amides is 1. The topological polar surface area (TPSA) is 75.9 Å². The molecule has 0 bridgehead atoms. The molecule has 1 aliphatic heterocycles. The number of non-ortho nitro benzene ring substituents is 1. The summed E-state index contributed by atoms with van der Waals surface area (Å²) in [5, 5.41) is 10.8. The fraction of sp³-hybridized carbons (Fsp3) is 0.269. The Bertz CT molecular complexity index is 1130. The first-order valence-electron chi connectivity index (χ1n) is 11.1. The zero-order valence-electron chi connectivity index (χ0n) is 19.1. The summed E-state index contributed by atoms with van der Waals surface area (Å²) < 4.78 is 5.22. The van der Waals surface area contributed by atoms with Gasteiger partial charge in [-0.2, -0.15) is 0 Å². The van der Waals surface area contributed by atoms with Gasteiger partial charge in [-0.15, -0.1) is 11.8 Å². The predicted octanol–water partition coefficient (Wildman–Crippen LogP) is 4.85. The molecule has 3 aromatic carbocycles. The van der Waals surface area contributed by atoms with Crippen molar-refractivity contribution in [2.75, 3.05) is 33.3 Å². The van der Waals surface area contributed by atoms with E-state index >= 15 is 0 Å². The van der Waals surface area contributed by atoms with Gasteiger partial charge in [0.2, 0.25) is 0 Å². The Kier molecular flexibility index (Phi) is 7.82. The number of hydrogen-bond acceptors (Lipinski definition) is 6. The van der Waals surface area contributed by atoms with E-state index in [0.717, 1.165) is 40.6 Å². The average Bonchev–Trinajstić information content (AvgIpc) is 2.88. The molecule has 8 heteroatoms. The van der Waals surface area contributed by atoms with E-state index in [9.17, 15) is 14.9 Å². The van der Waals surface area contributed by atoms with Crippen LogP contribution in [0.2, 0.25) is 0 Å². The van der Waals surface area contributed by atoms with E-state index in [0.29, 0.717) is 19.6 Å². The van der Waals surface area contributed by atoms with E-state index in [-0.39, 0.29) is 16.5 Å². The lowest BCUT2D eigenvalue weighted by molar-refractivity contribution is -0.384. The highest BCUT2D eigenvalue weighted by Gasteiger charge is 2.24. The summed E-state index contributed by atoms with van der Waals surface area (Å²) in [6.07, 6.45) is 0. The molecular formula is C26H27N3O4S. The fourth-order valence-electron chi connectivity index (χ4n) is 3.91. The van der Waals surface area contributed by atoms with Crippen LogP contribution in [-0.2, 0) is 12.3 Å². The summed E-state index contributed by atoms with van der Waals surface area (Å²) >= 11 is 1.66. The minimum absolute atomic E-state index is 0.0628. The van der Waals surface area contributed by atoms with Gasteiger partial charge in [-0.1, -0.05) is 36.4 Å². The van der Waals surface area contributed by atoms with E-state index in [2.05, 4.69) is 4.90 Å². The van der Waals surface area contributed by atoms with Gasteiger partial charge in [-0.3, -0.25) is 19.8 Å². The Morgan fingerprint density at radius 2 is 1.59 bits per heavy atom. The second kappa shape index (κ2) is 11.2. The minimum atomic E-state index is -0.388. The highest BCUT2D eigenvalue weighted by Crippen LogP contribution is 2.28. The molecule has 0 radical (unpaired) electrons. The summed E-state index contributed by atoms with van der Waals surface area (Å²) in [6.45, 7) is 3.56. The molecule has 1 saturated heterocycles. The monoisotopic (exact) mass is 477 g/mol. The van der Waals surface area contributed by atoms with Gasteiger partial charge < -0.3 is 9.64 Å². The quantitative estimate of drug-likeness (QED) is 0.262. The first-order chi connectivity index (χ1) is 16.5. The number of ether oxygens (including phenoxy) is 1. The molecular weight excluding hydrogens is 450 g/mol.